The van der Waals surface area contributed by atoms with Crippen molar-refractivity contribution in [3.05, 3.63) is 35.6 Å². The Labute approximate surface area is 150 Å². The van der Waals surface area contributed by atoms with Gasteiger partial charge in [-0.2, -0.15) is 0 Å². The lowest BCUT2D eigenvalue weighted by Crippen LogP contribution is -2.39. The number of methoxy groups -OCH3 is 1. The van der Waals surface area contributed by atoms with Crippen LogP contribution in [0.4, 0.5) is 4.39 Å². The number of ether oxygens (including phenoxy) is 1. The first kappa shape index (κ1) is 19.7. The van der Waals surface area contributed by atoms with Gasteiger partial charge in [0, 0.05) is 39.3 Å². The summed E-state index contributed by atoms with van der Waals surface area (Å²) in [6.07, 6.45) is 3.43. The summed E-state index contributed by atoms with van der Waals surface area (Å²) in [7, 11) is 1.75. The average Bonchev–Trinajstić information content (AvgIpc) is 3.44. The summed E-state index contributed by atoms with van der Waals surface area (Å²) in [6, 6.07) is 7.37. The Balaban J connectivity index is 1.73. The molecule has 140 valence electrons. The lowest BCUT2D eigenvalue weighted by Gasteiger charge is -2.20. The predicted octanol–water partition coefficient (Wildman–Crippen LogP) is 2.03. The van der Waals surface area contributed by atoms with Crippen LogP contribution in [0.3, 0.4) is 0 Å². The van der Waals surface area contributed by atoms with Crippen LogP contribution < -0.4 is 10.6 Å². The van der Waals surface area contributed by atoms with Crippen LogP contribution in [-0.2, 0) is 11.2 Å². The average molecular weight is 350 g/mol. The van der Waals surface area contributed by atoms with Gasteiger partial charge in [0.2, 0.25) is 0 Å². The molecule has 1 aromatic rings. The highest BCUT2D eigenvalue weighted by molar-refractivity contribution is 5.79. The number of hydrogen-bond acceptors (Lipinski definition) is 3. The number of aliphatic imine (C=N–C) groups is 1. The Bertz CT molecular complexity index is 517. The van der Waals surface area contributed by atoms with Crippen molar-refractivity contribution in [1.82, 2.24) is 15.5 Å². The van der Waals surface area contributed by atoms with E-state index < -0.39 is 0 Å². The molecular formula is C19H31FN4O. The van der Waals surface area contributed by atoms with E-state index in [2.05, 4.69) is 27.4 Å². The van der Waals surface area contributed by atoms with Gasteiger partial charge in [-0.25, -0.2) is 4.39 Å². The molecule has 25 heavy (non-hydrogen) atoms. The number of guanidine groups is 1. The van der Waals surface area contributed by atoms with Crippen molar-refractivity contribution in [3.8, 4) is 0 Å². The quantitative estimate of drug-likeness (QED) is 0.474. The molecule has 0 amide bonds. The SMILES string of the molecule is CCNC(=NCCN(CCOC)C1CC1)NCCc1ccc(F)cc1. The third-order valence-electron chi connectivity index (χ3n) is 4.27. The molecule has 0 heterocycles. The van der Waals surface area contributed by atoms with Crippen molar-refractivity contribution in [3.63, 3.8) is 0 Å². The Kier molecular flexibility index (Phi) is 8.69. The van der Waals surface area contributed by atoms with E-state index in [9.17, 15) is 4.39 Å². The third-order valence-corrected chi connectivity index (χ3v) is 4.27. The van der Waals surface area contributed by atoms with Gasteiger partial charge in [-0.3, -0.25) is 9.89 Å². The molecule has 6 heteroatoms. The minimum absolute atomic E-state index is 0.194. The van der Waals surface area contributed by atoms with E-state index in [1.54, 1.807) is 7.11 Å². The number of halogens is 1. The van der Waals surface area contributed by atoms with Gasteiger partial charge >= 0.3 is 0 Å². The maximum Gasteiger partial charge on any atom is 0.191 e. The van der Waals surface area contributed by atoms with Crippen LogP contribution in [0.5, 0.6) is 0 Å². The van der Waals surface area contributed by atoms with Crippen molar-refractivity contribution < 1.29 is 9.13 Å². The predicted molar refractivity (Wildman–Crippen MR) is 101 cm³/mol. The number of nitrogens with one attached hydrogen (secondary N) is 2. The maximum atomic E-state index is 12.9. The summed E-state index contributed by atoms with van der Waals surface area (Å²) < 4.78 is 18.1. The normalized spacial score (nSPS) is 14.8. The van der Waals surface area contributed by atoms with Crippen LogP contribution in [0.2, 0.25) is 0 Å². The van der Waals surface area contributed by atoms with Crippen molar-refractivity contribution in [2.24, 2.45) is 4.99 Å². The Morgan fingerprint density at radius 1 is 1.24 bits per heavy atom. The molecule has 0 radical (unpaired) electrons. The summed E-state index contributed by atoms with van der Waals surface area (Å²) >= 11 is 0. The van der Waals surface area contributed by atoms with E-state index in [4.69, 9.17) is 4.74 Å². The highest BCUT2D eigenvalue weighted by atomic mass is 19.1. The van der Waals surface area contributed by atoms with Gasteiger partial charge in [0.1, 0.15) is 5.82 Å². The molecule has 2 N–H and O–H groups in total. The molecule has 0 aliphatic heterocycles. The van der Waals surface area contributed by atoms with Gasteiger partial charge in [-0.1, -0.05) is 12.1 Å². The summed E-state index contributed by atoms with van der Waals surface area (Å²) in [6.45, 7) is 7.15. The van der Waals surface area contributed by atoms with Crippen molar-refractivity contribution >= 4 is 5.96 Å². The lowest BCUT2D eigenvalue weighted by molar-refractivity contribution is 0.145. The first-order chi connectivity index (χ1) is 12.2. The standard InChI is InChI=1S/C19H31FN4O/c1-3-21-19(22-11-10-16-4-6-17(20)7-5-16)23-12-13-24(14-15-25-2)18-8-9-18/h4-7,18H,3,8-15H2,1-2H3,(H2,21,22,23). The molecule has 0 bridgehead atoms. The molecule has 1 aliphatic rings. The summed E-state index contributed by atoms with van der Waals surface area (Å²) in [5.41, 5.74) is 1.12. The van der Waals surface area contributed by atoms with E-state index in [0.29, 0.717) is 0 Å². The number of benzene rings is 1. The van der Waals surface area contributed by atoms with E-state index in [-0.39, 0.29) is 5.82 Å². The van der Waals surface area contributed by atoms with Gasteiger partial charge in [0.25, 0.3) is 0 Å². The van der Waals surface area contributed by atoms with Crippen LogP contribution in [-0.4, -0.2) is 63.3 Å². The van der Waals surface area contributed by atoms with Crippen LogP contribution >= 0.6 is 0 Å². The van der Waals surface area contributed by atoms with Crippen LogP contribution in [0.1, 0.15) is 25.3 Å². The van der Waals surface area contributed by atoms with Crippen molar-refractivity contribution in [2.45, 2.75) is 32.2 Å². The molecule has 0 aromatic heterocycles. The smallest absolute Gasteiger partial charge is 0.191 e. The third kappa shape index (κ3) is 7.84. The molecule has 1 saturated carbocycles. The van der Waals surface area contributed by atoms with Gasteiger partial charge in [-0.05, 0) is 43.9 Å². The lowest BCUT2D eigenvalue weighted by atomic mass is 10.1. The molecule has 0 saturated heterocycles. The summed E-state index contributed by atoms with van der Waals surface area (Å²) in [5, 5.41) is 6.62. The Morgan fingerprint density at radius 2 is 2.00 bits per heavy atom. The second kappa shape index (κ2) is 11.1. The zero-order valence-electron chi connectivity index (χ0n) is 15.4. The minimum atomic E-state index is -0.194. The van der Waals surface area contributed by atoms with E-state index in [1.165, 1.54) is 25.0 Å². The first-order valence-electron chi connectivity index (χ1n) is 9.22. The number of hydrogen-bond donors (Lipinski definition) is 2. The fraction of sp³-hybridized carbons (Fsp3) is 0.632. The largest absolute Gasteiger partial charge is 0.383 e. The highest BCUT2D eigenvalue weighted by Crippen LogP contribution is 2.26. The molecule has 0 atom stereocenters. The van der Waals surface area contributed by atoms with Crippen molar-refractivity contribution in [1.29, 1.82) is 0 Å². The zero-order chi connectivity index (χ0) is 17.9. The molecule has 1 aliphatic carbocycles. The molecule has 0 unspecified atom stereocenters. The van der Waals surface area contributed by atoms with E-state index in [1.807, 2.05) is 12.1 Å². The van der Waals surface area contributed by atoms with Gasteiger partial charge < -0.3 is 15.4 Å². The van der Waals surface area contributed by atoms with Crippen molar-refractivity contribution in [2.75, 3.05) is 46.4 Å². The van der Waals surface area contributed by atoms with Crippen LogP contribution in [0.15, 0.2) is 29.3 Å². The highest BCUT2D eigenvalue weighted by Gasteiger charge is 2.28. The second-order valence-corrected chi connectivity index (χ2v) is 6.32. The van der Waals surface area contributed by atoms with Crippen LogP contribution in [0, 0.1) is 5.82 Å². The number of rotatable bonds is 11. The fourth-order valence-electron chi connectivity index (χ4n) is 2.73. The molecular weight excluding hydrogens is 319 g/mol. The van der Waals surface area contributed by atoms with E-state index >= 15 is 0 Å². The maximum absolute atomic E-state index is 12.9. The monoisotopic (exact) mass is 350 g/mol. The Morgan fingerprint density at radius 3 is 2.64 bits per heavy atom. The first-order valence-corrected chi connectivity index (χ1v) is 9.22. The summed E-state index contributed by atoms with van der Waals surface area (Å²) in [5.74, 6) is 0.646. The van der Waals surface area contributed by atoms with Gasteiger partial charge in [0.05, 0.1) is 13.2 Å². The molecule has 0 spiro atoms. The van der Waals surface area contributed by atoms with Crippen LogP contribution in [0.25, 0.3) is 0 Å². The zero-order valence-corrected chi connectivity index (χ0v) is 15.4. The van der Waals surface area contributed by atoms with E-state index in [0.717, 1.165) is 63.3 Å². The summed E-state index contributed by atoms with van der Waals surface area (Å²) in [4.78, 5) is 7.14. The van der Waals surface area contributed by atoms with Gasteiger partial charge in [-0.15, -0.1) is 0 Å². The molecule has 1 aromatic carbocycles. The second-order valence-electron chi connectivity index (χ2n) is 6.32. The fourth-order valence-corrected chi connectivity index (χ4v) is 2.73. The van der Waals surface area contributed by atoms with Gasteiger partial charge in [0.15, 0.2) is 5.96 Å². The Hall–Kier alpha value is -1.66. The molecule has 2 rings (SSSR count). The topological polar surface area (TPSA) is 48.9 Å². The molecule has 5 nitrogen and oxygen atoms in total. The minimum Gasteiger partial charge on any atom is -0.383 e. The molecule has 1 fully saturated rings. The number of nitrogens with zero attached hydrogens (tertiary/aromatic N) is 2.